The SMILES string of the molecule is Cc1ccoc1CCNC(=O)c1cc(N2C=CSCC2=O)cnc1Cl. The topological polar surface area (TPSA) is 75.4 Å². The van der Waals surface area contributed by atoms with Crippen LogP contribution < -0.4 is 10.2 Å². The number of amides is 2. The molecule has 0 radical (unpaired) electrons. The first kappa shape index (κ1) is 17.6. The average molecular weight is 378 g/mol. The molecular weight excluding hydrogens is 362 g/mol. The lowest BCUT2D eigenvalue weighted by atomic mass is 10.2. The first-order valence-corrected chi connectivity index (χ1v) is 9.06. The molecule has 0 aliphatic carbocycles. The Kier molecular flexibility index (Phi) is 5.45. The van der Waals surface area contributed by atoms with E-state index in [1.54, 1.807) is 18.5 Å². The molecule has 1 aliphatic heterocycles. The summed E-state index contributed by atoms with van der Waals surface area (Å²) in [7, 11) is 0. The summed E-state index contributed by atoms with van der Waals surface area (Å²) in [6.07, 6.45) is 5.34. The number of aryl methyl sites for hydroxylation is 1. The van der Waals surface area contributed by atoms with Crippen LogP contribution in [-0.2, 0) is 11.2 Å². The van der Waals surface area contributed by atoms with E-state index in [1.807, 2.05) is 18.4 Å². The highest BCUT2D eigenvalue weighted by molar-refractivity contribution is 8.02. The van der Waals surface area contributed by atoms with Crippen molar-refractivity contribution in [1.29, 1.82) is 0 Å². The van der Waals surface area contributed by atoms with Crippen LogP contribution in [0.3, 0.4) is 0 Å². The maximum absolute atomic E-state index is 12.4. The van der Waals surface area contributed by atoms with Crippen molar-refractivity contribution in [3.8, 4) is 0 Å². The maximum Gasteiger partial charge on any atom is 0.254 e. The summed E-state index contributed by atoms with van der Waals surface area (Å²) in [6, 6.07) is 3.45. The molecule has 0 spiro atoms. The largest absolute Gasteiger partial charge is 0.469 e. The Hall–Kier alpha value is -2.25. The van der Waals surface area contributed by atoms with Crippen molar-refractivity contribution in [2.75, 3.05) is 17.2 Å². The fourth-order valence-corrected chi connectivity index (χ4v) is 3.15. The summed E-state index contributed by atoms with van der Waals surface area (Å²) in [6.45, 7) is 2.36. The molecule has 2 aromatic heterocycles. The van der Waals surface area contributed by atoms with E-state index in [-0.39, 0.29) is 22.5 Å². The normalized spacial score (nSPS) is 14.0. The van der Waals surface area contributed by atoms with Gasteiger partial charge < -0.3 is 9.73 Å². The molecule has 1 aliphatic rings. The summed E-state index contributed by atoms with van der Waals surface area (Å²) in [4.78, 5) is 29.9. The molecular formula is C17H16ClN3O3S. The molecule has 2 aromatic rings. The molecule has 0 unspecified atom stereocenters. The first-order chi connectivity index (χ1) is 12.1. The zero-order chi connectivity index (χ0) is 17.8. The van der Waals surface area contributed by atoms with Crippen molar-refractivity contribution < 1.29 is 14.0 Å². The molecule has 1 N–H and O–H groups in total. The van der Waals surface area contributed by atoms with Gasteiger partial charge in [-0.25, -0.2) is 4.98 Å². The predicted octanol–water partition coefficient (Wildman–Crippen LogP) is 3.16. The van der Waals surface area contributed by atoms with Gasteiger partial charge in [-0.2, -0.15) is 0 Å². The van der Waals surface area contributed by atoms with Gasteiger partial charge in [0.15, 0.2) is 0 Å². The number of nitrogens with one attached hydrogen (secondary N) is 1. The van der Waals surface area contributed by atoms with Crippen molar-refractivity contribution in [2.24, 2.45) is 0 Å². The average Bonchev–Trinajstić information content (AvgIpc) is 3.01. The number of anilines is 1. The highest BCUT2D eigenvalue weighted by atomic mass is 35.5. The van der Waals surface area contributed by atoms with Gasteiger partial charge in [0.1, 0.15) is 10.9 Å². The van der Waals surface area contributed by atoms with Gasteiger partial charge in [-0.3, -0.25) is 14.5 Å². The lowest BCUT2D eigenvalue weighted by molar-refractivity contribution is -0.115. The van der Waals surface area contributed by atoms with E-state index in [9.17, 15) is 9.59 Å². The number of nitrogens with zero attached hydrogens (tertiary/aromatic N) is 2. The molecule has 0 aromatic carbocycles. The summed E-state index contributed by atoms with van der Waals surface area (Å²) >= 11 is 7.47. The van der Waals surface area contributed by atoms with Gasteiger partial charge in [0, 0.05) is 19.2 Å². The lowest BCUT2D eigenvalue weighted by Crippen LogP contribution is -2.30. The third kappa shape index (κ3) is 4.05. The summed E-state index contributed by atoms with van der Waals surface area (Å²) < 4.78 is 5.34. The molecule has 0 bridgehead atoms. The number of hydrogen-bond acceptors (Lipinski definition) is 5. The molecule has 0 fully saturated rings. The summed E-state index contributed by atoms with van der Waals surface area (Å²) in [5, 5.41) is 4.71. The van der Waals surface area contributed by atoms with E-state index in [2.05, 4.69) is 10.3 Å². The van der Waals surface area contributed by atoms with E-state index in [0.717, 1.165) is 11.3 Å². The smallest absolute Gasteiger partial charge is 0.254 e. The minimum absolute atomic E-state index is 0.0729. The van der Waals surface area contributed by atoms with Crippen molar-refractivity contribution in [3.05, 3.63) is 58.2 Å². The fourth-order valence-electron chi connectivity index (χ4n) is 2.38. The highest BCUT2D eigenvalue weighted by Gasteiger charge is 2.20. The van der Waals surface area contributed by atoms with E-state index in [4.69, 9.17) is 16.0 Å². The molecule has 0 saturated heterocycles. The third-order valence-corrected chi connectivity index (χ3v) is 4.76. The van der Waals surface area contributed by atoms with E-state index in [0.29, 0.717) is 24.4 Å². The molecule has 6 nitrogen and oxygen atoms in total. The second kappa shape index (κ2) is 7.76. The molecule has 3 heterocycles. The molecule has 25 heavy (non-hydrogen) atoms. The van der Waals surface area contributed by atoms with Crippen molar-refractivity contribution in [3.63, 3.8) is 0 Å². The standard InChI is InChI=1S/C17H16ClN3O3S/c1-11-3-6-24-14(11)2-4-19-17(23)13-8-12(9-20-16(13)18)21-5-7-25-10-15(21)22/h3,5-9H,2,4,10H2,1H3,(H,19,23). The Morgan fingerprint density at radius 1 is 1.52 bits per heavy atom. The predicted molar refractivity (Wildman–Crippen MR) is 97.8 cm³/mol. The van der Waals surface area contributed by atoms with Crippen LogP contribution in [0.1, 0.15) is 21.7 Å². The number of furan rings is 1. The fraction of sp³-hybridized carbons (Fsp3) is 0.235. The van der Waals surface area contributed by atoms with E-state index >= 15 is 0 Å². The van der Waals surface area contributed by atoms with Crippen LogP contribution in [0, 0.1) is 6.92 Å². The van der Waals surface area contributed by atoms with Crippen LogP contribution in [0.5, 0.6) is 0 Å². The van der Waals surface area contributed by atoms with Gasteiger partial charge in [-0.15, -0.1) is 11.8 Å². The Morgan fingerprint density at radius 2 is 2.36 bits per heavy atom. The molecule has 0 saturated carbocycles. The number of halogens is 1. The number of carbonyl (C=O) groups is 2. The molecule has 3 rings (SSSR count). The second-order valence-corrected chi connectivity index (χ2v) is 6.68. The van der Waals surface area contributed by atoms with E-state index < -0.39 is 0 Å². The number of rotatable bonds is 5. The van der Waals surface area contributed by atoms with Crippen molar-refractivity contribution >= 4 is 40.9 Å². The minimum atomic E-state index is -0.341. The zero-order valence-electron chi connectivity index (χ0n) is 13.5. The van der Waals surface area contributed by atoms with Gasteiger partial charge in [-0.1, -0.05) is 11.6 Å². The zero-order valence-corrected chi connectivity index (χ0v) is 15.1. The van der Waals surface area contributed by atoms with Gasteiger partial charge in [0.2, 0.25) is 5.91 Å². The highest BCUT2D eigenvalue weighted by Crippen LogP contribution is 2.24. The number of thioether (sulfide) groups is 1. The quantitative estimate of drug-likeness (QED) is 0.810. The van der Waals surface area contributed by atoms with Crippen LogP contribution >= 0.6 is 23.4 Å². The van der Waals surface area contributed by atoms with Crippen molar-refractivity contribution in [2.45, 2.75) is 13.3 Å². The minimum Gasteiger partial charge on any atom is -0.469 e. The molecule has 130 valence electrons. The maximum atomic E-state index is 12.4. The van der Waals surface area contributed by atoms with Crippen LogP contribution in [0.15, 0.2) is 40.6 Å². The Balaban J connectivity index is 1.70. The molecule has 2 amide bonds. The Labute approximate surface area is 154 Å². The Bertz CT molecular complexity index is 834. The molecule has 8 heteroatoms. The first-order valence-electron chi connectivity index (χ1n) is 7.63. The van der Waals surface area contributed by atoms with E-state index in [1.165, 1.54) is 22.9 Å². The summed E-state index contributed by atoms with van der Waals surface area (Å²) in [5.74, 6) is 0.769. The van der Waals surface area contributed by atoms with Crippen LogP contribution in [0.4, 0.5) is 5.69 Å². The number of carbonyl (C=O) groups excluding carboxylic acids is 2. The van der Waals surface area contributed by atoms with Gasteiger partial charge in [0.25, 0.3) is 5.91 Å². The van der Waals surface area contributed by atoms with Gasteiger partial charge in [0.05, 0.1) is 29.5 Å². The number of aromatic nitrogens is 1. The van der Waals surface area contributed by atoms with Crippen molar-refractivity contribution in [1.82, 2.24) is 10.3 Å². The third-order valence-electron chi connectivity index (χ3n) is 3.73. The molecule has 0 atom stereocenters. The second-order valence-electron chi connectivity index (χ2n) is 5.42. The number of hydrogen-bond donors (Lipinski definition) is 1. The van der Waals surface area contributed by atoms with Crippen LogP contribution in [0.25, 0.3) is 0 Å². The number of pyridine rings is 1. The summed E-state index contributed by atoms with van der Waals surface area (Å²) in [5.41, 5.74) is 1.79. The monoisotopic (exact) mass is 377 g/mol. The lowest BCUT2D eigenvalue weighted by Gasteiger charge is -2.21. The van der Waals surface area contributed by atoms with Gasteiger partial charge >= 0.3 is 0 Å². The Morgan fingerprint density at radius 3 is 3.08 bits per heavy atom. The van der Waals surface area contributed by atoms with Gasteiger partial charge in [-0.05, 0) is 30.0 Å². The van der Waals surface area contributed by atoms with Crippen LogP contribution in [-0.4, -0.2) is 29.1 Å². The van der Waals surface area contributed by atoms with Crippen LogP contribution in [0.2, 0.25) is 5.15 Å².